The highest BCUT2D eigenvalue weighted by molar-refractivity contribution is 5.88. The molecule has 1 fully saturated rings. The van der Waals surface area contributed by atoms with Gasteiger partial charge in [-0.1, -0.05) is 0 Å². The predicted octanol–water partition coefficient (Wildman–Crippen LogP) is 0.424. The van der Waals surface area contributed by atoms with Crippen LogP contribution in [0.15, 0.2) is 39.5 Å². The number of aliphatic hydroxyl groups excluding tert-OH is 3. The van der Waals surface area contributed by atoms with Crippen molar-refractivity contribution in [2.24, 2.45) is 0 Å². The van der Waals surface area contributed by atoms with Crippen LogP contribution < -0.4 is 14.9 Å². The molecule has 3 aromatic rings. The number of hydrogen-bond acceptors (Lipinski definition) is 13. The molecular weight excluding hydrogens is 488 g/mol. The lowest BCUT2D eigenvalue weighted by atomic mass is 10.0. The number of phenols is 3. The maximum absolute atomic E-state index is 13.4. The number of methoxy groups -OCH3 is 1. The average molecular weight is 508 g/mol. The summed E-state index contributed by atoms with van der Waals surface area (Å²) in [5.74, 6) is -2.41. The van der Waals surface area contributed by atoms with Gasteiger partial charge in [0.2, 0.25) is 23.8 Å². The monoisotopic (exact) mass is 508 g/mol. The van der Waals surface area contributed by atoms with Crippen LogP contribution in [-0.4, -0.2) is 79.9 Å². The number of aromatic hydroxyl groups is 3. The molecule has 1 saturated heterocycles. The van der Waals surface area contributed by atoms with E-state index in [1.165, 1.54) is 25.3 Å². The number of phenolic OH excluding ortho intramolecular Hbond substituents is 3. The van der Waals surface area contributed by atoms with Crippen molar-refractivity contribution in [1.82, 2.24) is 0 Å². The van der Waals surface area contributed by atoms with Crippen molar-refractivity contribution in [2.75, 3.05) is 7.11 Å². The summed E-state index contributed by atoms with van der Waals surface area (Å²) >= 11 is 0. The van der Waals surface area contributed by atoms with E-state index in [-0.39, 0.29) is 28.4 Å². The summed E-state index contributed by atoms with van der Waals surface area (Å²) in [4.78, 5) is 24.3. The zero-order chi connectivity index (χ0) is 26.3. The van der Waals surface area contributed by atoms with Gasteiger partial charge in [-0.15, -0.1) is 0 Å². The molecule has 192 valence electrons. The Hall–Kier alpha value is -4.24. The summed E-state index contributed by atoms with van der Waals surface area (Å²) in [6, 6.07) is 5.71. The fraction of sp³-hybridized carbons (Fsp3) is 0.273. The van der Waals surface area contributed by atoms with E-state index in [1.54, 1.807) is 0 Å². The Morgan fingerprint density at radius 1 is 0.944 bits per heavy atom. The van der Waals surface area contributed by atoms with Gasteiger partial charge in [-0.3, -0.25) is 9.53 Å². The molecule has 5 unspecified atom stereocenters. The van der Waals surface area contributed by atoms with E-state index >= 15 is 0 Å². The fourth-order valence-corrected chi connectivity index (χ4v) is 3.61. The van der Waals surface area contributed by atoms with Crippen LogP contribution in [0, 0.1) is 0 Å². The third kappa shape index (κ3) is 4.40. The zero-order valence-corrected chi connectivity index (χ0v) is 18.3. The van der Waals surface area contributed by atoms with Crippen LogP contribution in [0.2, 0.25) is 0 Å². The largest absolute Gasteiger partial charge is 0.508 e. The van der Waals surface area contributed by atoms with Gasteiger partial charge in [0, 0.05) is 17.7 Å². The van der Waals surface area contributed by atoms with Crippen LogP contribution in [-0.2, 0) is 9.47 Å². The molecule has 36 heavy (non-hydrogen) atoms. The normalized spacial score (nSPS) is 23.8. The van der Waals surface area contributed by atoms with Crippen molar-refractivity contribution >= 4 is 17.1 Å². The molecule has 1 aromatic heterocycles. The number of aliphatic hydroxyl groups is 3. The van der Waals surface area contributed by atoms with Gasteiger partial charge in [0.25, 0.3) is 0 Å². The smallest absolute Gasteiger partial charge is 0.508 e. The summed E-state index contributed by atoms with van der Waals surface area (Å²) < 4.78 is 25.8. The first-order chi connectivity index (χ1) is 17.0. The maximum Gasteiger partial charge on any atom is 0.508 e. The second-order valence-corrected chi connectivity index (χ2v) is 7.66. The number of ether oxygens (including phenoxy) is 4. The van der Waals surface area contributed by atoms with Crippen LogP contribution >= 0.6 is 0 Å². The third-order valence-corrected chi connectivity index (χ3v) is 5.34. The van der Waals surface area contributed by atoms with Gasteiger partial charge < -0.3 is 54.4 Å². The van der Waals surface area contributed by atoms with Crippen LogP contribution in [0.5, 0.6) is 28.7 Å². The minimum atomic E-state index is -2.01. The molecule has 5 atom stereocenters. The van der Waals surface area contributed by atoms with E-state index in [2.05, 4.69) is 4.74 Å². The molecule has 7 N–H and O–H groups in total. The highest BCUT2D eigenvalue weighted by atomic mass is 16.8. The first-order valence-corrected chi connectivity index (χ1v) is 10.2. The molecule has 0 saturated carbocycles. The number of carbonyl (C=O) groups is 1. The van der Waals surface area contributed by atoms with E-state index in [9.17, 15) is 40.2 Å². The molecule has 0 radical (unpaired) electrons. The van der Waals surface area contributed by atoms with Gasteiger partial charge in [-0.2, -0.15) is 0 Å². The van der Waals surface area contributed by atoms with E-state index in [0.717, 1.165) is 12.1 Å². The van der Waals surface area contributed by atoms with Crippen LogP contribution in [0.4, 0.5) is 4.79 Å². The van der Waals surface area contributed by atoms with E-state index < -0.39 is 65.1 Å². The first kappa shape index (κ1) is 24.9. The van der Waals surface area contributed by atoms with Gasteiger partial charge in [0.1, 0.15) is 40.8 Å². The minimum Gasteiger partial charge on any atom is -0.508 e. The third-order valence-electron chi connectivity index (χ3n) is 5.34. The molecule has 1 aliphatic heterocycles. The summed E-state index contributed by atoms with van der Waals surface area (Å²) in [6.45, 7) is 0. The van der Waals surface area contributed by atoms with Crippen molar-refractivity contribution in [3.8, 4) is 40.1 Å². The van der Waals surface area contributed by atoms with Crippen molar-refractivity contribution in [2.45, 2.75) is 30.9 Å². The molecule has 4 rings (SSSR count). The topological polar surface area (TPSA) is 226 Å². The zero-order valence-electron chi connectivity index (χ0n) is 18.3. The van der Waals surface area contributed by atoms with Crippen molar-refractivity contribution < 1.29 is 63.9 Å². The maximum atomic E-state index is 13.4. The van der Waals surface area contributed by atoms with Gasteiger partial charge in [0.05, 0.1) is 7.11 Å². The van der Waals surface area contributed by atoms with E-state index in [4.69, 9.17) is 23.7 Å². The molecule has 0 bridgehead atoms. The van der Waals surface area contributed by atoms with Gasteiger partial charge in [-0.25, -0.2) is 4.79 Å². The molecule has 0 spiro atoms. The molecule has 14 heteroatoms. The number of carboxylic acid groups (broad SMARTS) is 1. The van der Waals surface area contributed by atoms with Crippen molar-refractivity contribution in [3.63, 3.8) is 0 Å². The highest BCUT2D eigenvalue weighted by Gasteiger charge is 2.47. The Morgan fingerprint density at radius 2 is 1.64 bits per heavy atom. The van der Waals surface area contributed by atoms with E-state index in [1.807, 2.05) is 0 Å². The summed E-state index contributed by atoms with van der Waals surface area (Å²) in [6.07, 6.45) is -11.8. The van der Waals surface area contributed by atoms with Crippen molar-refractivity contribution in [3.05, 3.63) is 40.6 Å². The predicted molar refractivity (Wildman–Crippen MR) is 116 cm³/mol. The lowest BCUT2D eigenvalue weighted by Gasteiger charge is -2.38. The van der Waals surface area contributed by atoms with Gasteiger partial charge in [0.15, 0.2) is 17.3 Å². The number of fused-ring (bicyclic) bond motifs is 1. The summed E-state index contributed by atoms with van der Waals surface area (Å²) in [5.41, 5.74) is -1.19. The molecule has 2 heterocycles. The Kier molecular flexibility index (Phi) is 6.51. The number of benzene rings is 2. The van der Waals surface area contributed by atoms with Crippen molar-refractivity contribution in [1.29, 1.82) is 0 Å². The second-order valence-electron chi connectivity index (χ2n) is 7.66. The molecule has 0 aliphatic carbocycles. The van der Waals surface area contributed by atoms with Crippen LogP contribution in [0.1, 0.15) is 0 Å². The summed E-state index contributed by atoms with van der Waals surface area (Å²) in [7, 11) is 1.27. The average Bonchev–Trinajstić information content (AvgIpc) is 2.81. The first-order valence-electron chi connectivity index (χ1n) is 10.2. The van der Waals surface area contributed by atoms with Gasteiger partial charge in [-0.05, 0) is 18.2 Å². The Labute approximate surface area is 200 Å². The molecule has 0 amide bonds. The molecule has 1 aliphatic rings. The fourth-order valence-electron chi connectivity index (χ4n) is 3.61. The summed E-state index contributed by atoms with van der Waals surface area (Å²) in [5, 5.41) is 68.9. The van der Waals surface area contributed by atoms with Gasteiger partial charge >= 0.3 is 6.16 Å². The van der Waals surface area contributed by atoms with Crippen LogP contribution in [0.25, 0.3) is 22.3 Å². The molecule has 14 nitrogen and oxygen atoms in total. The highest BCUT2D eigenvalue weighted by Crippen LogP contribution is 2.39. The Bertz CT molecular complexity index is 1370. The Morgan fingerprint density at radius 3 is 2.31 bits per heavy atom. The lowest BCUT2D eigenvalue weighted by molar-refractivity contribution is -0.321. The molecular formula is C22H20O14. The quantitative estimate of drug-likeness (QED) is 0.232. The second kappa shape index (κ2) is 9.43. The molecule has 2 aromatic carbocycles. The van der Waals surface area contributed by atoms with E-state index in [0.29, 0.717) is 0 Å². The number of rotatable bonds is 5. The number of hydrogen-bond donors (Lipinski definition) is 7. The minimum absolute atomic E-state index is 0.0256. The SMILES string of the molecule is COc1cc(-c2oc3cc(O)cc(O)c3c(=O)c2OC2OC(OC(=O)O)C(O)C(O)C2O)ccc1O. The Balaban J connectivity index is 1.89. The lowest BCUT2D eigenvalue weighted by Crippen LogP contribution is -2.60. The standard InChI is InChI=1S/C22H20O14/c1-32-11-4-7(2-3-9(11)24)18-19(14(26)13-10(25)5-8(23)6-12(13)33-18)34-20-16(28)15(27)17(29)21(35-20)36-22(30)31/h2-6,15-17,20-21,23-25,27-29H,1H3,(H,30,31). The van der Waals surface area contributed by atoms with Crippen LogP contribution in [0.3, 0.4) is 0 Å².